The topological polar surface area (TPSA) is 62.3 Å². The summed E-state index contributed by atoms with van der Waals surface area (Å²) in [7, 11) is 3.49. The second-order valence-electron chi connectivity index (χ2n) is 9.10. The van der Waals surface area contributed by atoms with Crippen LogP contribution in [-0.4, -0.2) is 35.0 Å². The summed E-state index contributed by atoms with van der Waals surface area (Å²) in [4.78, 5) is 5.14. The lowest BCUT2D eigenvalue weighted by Gasteiger charge is -2.30. The van der Waals surface area contributed by atoms with E-state index in [1.807, 2.05) is 39.2 Å². The number of rotatable bonds is 6. The summed E-state index contributed by atoms with van der Waals surface area (Å²) in [6, 6.07) is 12.7. The van der Waals surface area contributed by atoms with E-state index in [0.717, 1.165) is 76.4 Å². The summed E-state index contributed by atoms with van der Waals surface area (Å²) >= 11 is 6.21. The maximum atomic E-state index is 6.21. The summed E-state index contributed by atoms with van der Waals surface area (Å²) < 4.78 is 19.1. The molecule has 0 spiro atoms. The zero-order valence-corrected chi connectivity index (χ0v) is 20.9. The van der Waals surface area contributed by atoms with E-state index in [0.29, 0.717) is 23.6 Å². The van der Waals surface area contributed by atoms with Crippen LogP contribution in [0.3, 0.4) is 0 Å². The number of imidazole rings is 1. The van der Waals surface area contributed by atoms with Crippen molar-refractivity contribution in [2.24, 2.45) is 0 Å². The average molecular weight is 480 g/mol. The largest absolute Gasteiger partial charge is 0.496 e. The Bertz CT molecular complexity index is 1300. The lowest BCUT2D eigenvalue weighted by Crippen LogP contribution is -2.23. The number of benzene rings is 2. The van der Waals surface area contributed by atoms with Crippen LogP contribution in [0.25, 0.3) is 22.2 Å². The molecule has 5 rings (SSSR count). The molecule has 2 heterocycles. The quantitative estimate of drug-likeness (QED) is 0.308. The molecule has 0 saturated heterocycles. The van der Waals surface area contributed by atoms with Crippen molar-refractivity contribution in [1.82, 2.24) is 14.7 Å². The van der Waals surface area contributed by atoms with Gasteiger partial charge in [-0.15, -0.1) is 0 Å². The number of methoxy groups -OCH3 is 2. The third kappa shape index (κ3) is 4.21. The Hall–Kier alpha value is -2.83. The van der Waals surface area contributed by atoms with Gasteiger partial charge in [0.15, 0.2) is 0 Å². The number of aromatic nitrogens is 3. The SMILES string of the molecule is COc1cc(Cl)ccc1Cc1nc2cc(-c3c(C)noc3C)ccc2n1C1CCC(OC)CC1. The van der Waals surface area contributed by atoms with Gasteiger partial charge in [0, 0.05) is 35.7 Å². The highest BCUT2D eigenvalue weighted by molar-refractivity contribution is 6.30. The van der Waals surface area contributed by atoms with Gasteiger partial charge in [-0.3, -0.25) is 0 Å². The van der Waals surface area contributed by atoms with Crippen molar-refractivity contribution >= 4 is 22.6 Å². The average Bonchev–Trinajstić information content (AvgIpc) is 3.38. The number of ether oxygens (including phenoxy) is 2. The lowest BCUT2D eigenvalue weighted by molar-refractivity contribution is 0.0586. The second kappa shape index (κ2) is 9.43. The van der Waals surface area contributed by atoms with Crippen LogP contribution in [0.5, 0.6) is 5.75 Å². The highest BCUT2D eigenvalue weighted by Gasteiger charge is 2.26. The van der Waals surface area contributed by atoms with Crippen LogP contribution in [-0.2, 0) is 11.2 Å². The molecule has 4 aromatic rings. The minimum atomic E-state index is 0.344. The van der Waals surface area contributed by atoms with E-state index in [-0.39, 0.29) is 0 Å². The zero-order chi connectivity index (χ0) is 23.8. The molecule has 2 aromatic heterocycles. The van der Waals surface area contributed by atoms with Crippen LogP contribution in [0.15, 0.2) is 40.9 Å². The van der Waals surface area contributed by atoms with Crippen molar-refractivity contribution in [3.05, 3.63) is 64.3 Å². The minimum absolute atomic E-state index is 0.344. The fourth-order valence-corrected chi connectivity index (χ4v) is 5.47. The van der Waals surface area contributed by atoms with E-state index >= 15 is 0 Å². The maximum absolute atomic E-state index is 6.21. The van der Waals surface area contributed by atoms with Crippen molar-refractivity contribution in [1.29, 1.82) is 0 Å². The molecule has 1 aliphatic rings. The standard InChI is InChI=1S/C27H30ClN3O3/c1-16-27(17(2)34-30-16)19-6-12-24-23(13-19)29-26(14-18-5-7-20(28)15-25(18)33-4)31(24)21-8-10-22(32-3)11-9-21/h5-7,12-13,15,21-22H,8-11,14H2,1-4H3. The van der Waals surface area contributed by atoms with Crippen LogP contribution >= 0.6 is 11.6 Å². The van der Waals surface area contributed by atoms with Crippen LogP contribution in [0, 0.1) is 13.8 Å². The lowest BCUT2D eigenvalue weighted by atomic mass is 9.92. The van der Waals surface area contributed by atoms with Gasteiger partial charge in [0.1, 0.15) is 17.3 Å². The highest BCUT2D eigenvalue weighted by Crippen LogP contribution is 2.37. The molecule has 0 radical (unpaired) electrons. The summed E-state index contributed by atoms with van der Waals surface area (Å²) in [5, 5.41) is 4.79. The first-order valence-electron chi connectivity index (χ1n) is 11.8. The zero-order valence-electron chi connectivity index (χ0n) is 20.1. The van der Waals surface area contributed by atoms with Crippen molar-refractivity contribution in [3.8, 4) is 16.9 Å². The molecule has 0 aliphatic heterocycles. The molecule has 7 heteroatoms. The van der Waals surface area contributed by atoms with E-state index < -0.39 is 0 Å². The van der Waals surface area contributed by atoms with E-state index in [9.17, 15) is 0 Å². The van der Waals surface area contributed by atoms with Crippen molar-refractivity contribution in [2.45, 2.75) is 58.1 Å². The Balaban J connectivity index is 1.60. The molecule has 2 aromatic carbocycles. The number of halogens is 1. The van der Waals surface area contributed by atoms with Crippen molar-refractivity contribution < 1.29 is 14.0 Å². The maximum Gasteiger partial charge on any atom is 0.141 e. The molecule has 178 valence electrons. The molecule has 6 nitrogen and oxygen atoms in total. The molecular formula is C27H30ClN3O3. The van der Waals surface area contributed by atoms with Gasteiger partial charge >= 0.3 is 0 Å². The first-order valence-corrected chi connectivity index (χ1v) is 12.2. The summed E-state index contributed by atoms with van der Waals surface area (Å²) in [6.45, 7) is 3.92. The first-order chi connectivity index (χ1) is 16.5. The Labute approximate surface area is 204 Å². The second-order valence-corrected chi connectivity index (χ2v) is 9.54. The van der Waals surface area contributed by atoms with Crippen molar-refractivity contribution in [2.75, 3.05) is 14.2 Å². The van der Waals surface area contributed by atoms with Crippen LogP contribution in [0.2, 0.25) is 5.02 Å². The van der Waals surface area contributed by atoms with E-state index in [4.69, 9.17) is 30.6 Å². The Morgan fingerprint density at radius 3 is 2.53 bits per heavy atom. The summed E-state index contributed by atoms with van der Waals surface area (Å²) in [6.07, 6.45) is 5.27. The van der Waals surface area contributed by atoms with Gasteiger partial charge in [0.25, 0.3) is 0 Å². The fourth-order valence-electron chi connectivity index (χ4n) is 5.31. The predicted molar refractivity (Wildman–Crippen MR) is 134 cm³/mol. The van der Waals surface area contributed by atoms with Crippen molar-refractivity contribution in [3.63, 3.8) is 0 Å². The molecule has 0 bridgehead atoms. The molecule has 1 saturated carbocycles. The minimum Gasteiger partial charge on any atom is -0.496 e. The van der Waals surface area contributed by atoms with E-state index in [1.165, 1.54) is 0 Å². The molecule has 1 aliphatic carbocycles. The predicted octanol–water partition coefficient (Wildman–Crippen LogP) is 6.69. The van der Waals surface area contributed by atoms with Gasteiger partial charge in [0.2, 0.25) is 0 Å². The van der Waals surface area contributed by atoms with Crippen LogP contribution in [0.1, 0.15) is 54.6 Å². The van der Waals surface area contributed by atoms with Gasteiger partial charge in [-0.1, -0.05) is 28.9 Å². The van der Waals surface area contributed by atoms with Gasteiger partial charge in [-0.2, -0.15) is 0 Å². The van der Waals surface area contributed by atoms with Gasteiger partial charge in [-0.25, -0.2) is 4.98 Å². The number of nitrogens with zero attached hydrogens (tertiary/aromatic N) is 3. The summed E-state index contributed by atoms with van der Waals surface area (Å²) in [5.41, 5.74) is 6.21. The van der Waals surface area contributed by atoms with Crippen LogP contribution in [0.4, 0.5) is 0 Å². The third-order valence-corrected chi connectivity index (χ3v) is 7.26. The molecule has 0 amide bonds. The number of hydrogen-bond donors (Lipinski definition) is 0. The first kappa shape index (κ1) is 22.9. The fraction of sp³-hybridized carbons (Fsp3) is 0.407. The Morgan fingerprint density at radius 1 is 1.06 bits per heavy atom. The third-order valence-electron chi connectivity index (χ3n) is 7.02. The smallest absolute Gasteiger partial charge is 0.141 e. The molecule has 0 unspecified atom stereocenters. The molecule has 0 N–H and O–H groups in total. The monoisotopic (exact) mass is 479 g/mol. The molecule has 1 fully saturated rings. The Morgan fingerprint density at radius 2 is 1.85 bits per heavy atom. The number of fused-ring (bicyclic) bond motifs is 1. The van der Waals surface area contributed by atoms with Gasteiger partial charge in [0.05, 0.1) is 29.9 Å². The number of hydrogen-bond acceptors (Lipinski definition) is 5. The number of aryl methyl sites for hydroxylation is 2. The summed E-state index contributed by atoms with van der Waals surface area (Å²) in [5.74, 6) is 2.64. The van der Waals surface area contributed by atoms with Gasteiger partial charge < -0.3 is 18.6 Å². The van der Waals surface area contributed by atoms with Gasteiger partial charge in [-0.05, 0) is 69.4 Å². The van der Waals surface area contributed by atoms with Crippen LogP contribution < -0.4 is 4.74 Å². The molecule has 0 atom stereocenters. The Kier molecular flexibility index (Phi) is 6.36. The van der Waals surface area contributed by atoms with E-state index in [2.05, 4.69) is 27.9 Å². The van der Waals surface area contributed by atoms with E-state index in [1.54, 1.807) is 7.11 Å². The highest BCUT2D eigenvalue weighted by atomic mass is 35.5. The normalized spacial score (nSPS) is 18.5. The molecular weight excluding hydrogens is 450 g/mol. The molecule has 34 heavy (non-hydrogen) atoms.